The zero-order valence-corrected chi connectivity index (χ0v) is 16.7. The zero-order chi connectivity index (χ0) is 20.1. The molecule has 3 nitrogen and oxygen atoms in total. The second-order valence-corrected chi connectivity index (χ2v) is 7.22. The second-order valence-electron chi connectivity index (χ2n) is 6.40. The van der Waals surface area contributed by atoms with Gasteiger partial charge in [-0.25, -0.2) is 4.39 Å². The Labute approximate surface area is 173 Å². The Morgan fingerprint density at radius 3 is 2.18 bits per heavy atom. The molecule has 3 rings (SSSR count). The second kappa shape index (κ2) is 9.28. The van der Waals surface area contributed by atoms with Crippen LogP contribution in [0.15, 0.2) is 66.7 Å². The fraction of sp³-hybridized carbons (Fsp3) is 0.182. The van der Waals surface area contributed by atoms with E-state index in [1.165, 1.54) is 12.1 Å². The highest BCUT2D eigenvalue weighted by Crippen LogP contribution is 2.33. The van der Waals surface area contributed by atoms with Gasteiger partial charge in [-0.05, 0) is 59.7 Å². The van der Waals surface area contributed by atoms with Gasteiger partial charge in [-0.2, -0.15) is 0 Å². The molecule has 146 valence electrons. The van der Waals surface area contributed by atoms with E-state index in [9.17, 15) is 9.50 Å². The lowest BCUT2D eigenvalue weighted by atomic mass is 9.96. The molecule has 0 spiro atoms. The third-order valence-electron chi connectivity index (χ3n) is 4.49. The minimum atomic E-state index is -0.786. The van der Waals surface area contributed by atoms with Gasteiger partial charge in [-0.3, -0.25) is 0 Å². The number of rotatable bonds is 7. The van der Waals surface area contributed by atoms with Gasteiger partial charge < -0.3 is 15.2 Å². The zero-order valence-electron chi connectivity index (χ0n) is 15.2. The standard InChI is InChI=1S/C22H20Cl2FNO2/c1-28-18-9-7-17(8-10-18)26-21(15-4-11-19(23)20(24)12-15)13-22(27)14-2-5-16(25)6-3-14/h2-12,21-22,26-27H,13H2,1H3. The van der Waals surface area contributed by atoms with Crippen molar-refractivity contribution in [2.45, 2.75) is 18.6 Å². The lowest BCUT2D eigenvalue weighted by Gasteiger charge is -2.24. The van der Waals surface area contributed by atoms with Crippen molar-refractivity contribution in [3.63, 3.8) is 0 Å². The molecule has 0 saturated carbocycles. The highest BCUT2D eigenvalue weighted by Gasteiger charge is 2.19. The summed E-state index contributed by atoms with van der Waals surface area (Å²) in [5.41, 5.74) is 2.39. The van der Waals surface area contributed by atoms with Crippen molar-refractivity contribution < 1.29 is 14.2 Å². The number of aliphatic hydroxyl groups is 1. The average Bonchev–Trinajstić information content (AvgIpc) is 2.70. The molecule has 2 N–H and O–H groups in total. The van der Waals surface area contributed by atoms with Crippen molar-refractivity contribution in [2.24, 2.45) is 0 Å². The smallest absolute Gasteiger partial charge is 0.123 e. The molecule has 3 aromatic rings. The highest BCUT2D eigenvalue weighted by atomic mass is 35.5. The van der Waals surface area contributed by atoms with Gasteiger partial charge in [0.15, 0.2) is 0 Å². The predicted octanol–water partition coefficient (Wildman–Crippen LogP) is 6.42. The number of aliphatic hydroxyl groups excluding tert-OH is 1. The van der Waals surface area contributed by atoms with Gasteiger partial charge in [0.1, 0.15) is 11.6 Å². The predicted molar refractivity (Wildman–Crippen MR) is 112 cm³/mol. The summed E-state index contributed by atoms with van der Waals surface area (Å²) < 4.78 is 18.4. The fourth-order valence-electron chi connectivity index (χ4n) is 2.94. The Hall–Kier alpha value is -2.27. The Morgan fingerprint density at radius 2 is 1.57 bits per heavy atom. The molecule has 0 saturated heterocycles. The normalized spacial score (nSPS) is 13.0. The maximum Gasteiger partial charge on any atom is 0.123 e. The van der Waals surface area contributed by atoms with Gasteiger partial charge in [0, 0.05) is 12.1 Å². The maximum absolute atomic E-state index is 13.2. The molecule has 0 radical (unpaired) electrons. The van der Waals surface area contributed by atoms with Crippen molar-refractivity contribution in [1.29, 1.82) is 0 Å². The van der Waals surface area contributed by atoms with Crippen LogP contribution in [0.1, 0.15) is 29.7 Å². The summed E-state index contributed by atoms with van der Waals surface area (Å²) in [6.07, 6.45) is -0.430. The summed E-state index contributed by atoms with van der Waals surface area (Å²) in [6, 6.07) is 18.5. The van der Waals surface area contributed by atoms with E-state index in [4.69, 9.17) is 27.9 Å². The quantitative estimate of drug-likeness (QED) is 0.464. The topological polar surface area (TPSA) is 41.5 Å². The third-order valence-corrected chi connectivity index (χ3v) is 5.23. The molecule has 28 heavy (non-hydrogen) atoms. The van der Waals surface area contributed by atoms with Crippen LogP contribution in [0.3, 0.4) is 0 Å². The van der Waals surface area contributed by atoms with Gasteiger partial charge in [0.05, 0.1) is 29.3 Å². The van der Waals surface area contributed by atoms with E-state index in [0.29, 0.717) is 22.0 Å². The van der Waals surface area contributed by atoms with Gasteiger partial charge in [-0.15, -0.1) is 0 Å². The molecular weight excluding hydrogens is 400 g/mol. The first kappa shape index (κ1) is 20.5. The molecule has 0 aliphatic carbocycles. The van der Waals surface area contributed by atoms with E-state index < -0.39 is 6.10 Å². The molecule has 0 aliphatic heterocycles. The summed E-state index contributed by atoms with van der Waals surface area (Å²) >= 11 is 12.2. The number of halogens is 3. The van der Waals surface area contributed by atoms with Crippen molar-refractivity contribution in [3.05, 3.63) is 93.7 Å². The maximum atomic E-state index is 13.2. The molecule has 2 unspecified atom stereocenters. The molecule has 3 aromatic carbocycles. The molecule has 2 atom stereocenters. The molecule has 0 heterocycles. The van der Waals surface area contributed by atoms with Crippen LogP contribution >= 0.6 is 23.2 Å². The van der Waals surface area contributed by atoms with Crippen molar-refractivity contribution in [1.82, 2.24) is 0 Å². The van der Waals surface area contributed by atoms with Gasteiger partial charge in [0.2, 0.25) is 0 Å². The van der Waals surface area contributed by atoms with Crippen LogP contribution in [0.2, 0.25) is 10.0 Å². The molecule has 0 aromatic heterocycles. The van der Waals surface area contributed by atoms with Gasteiger partial charge >= 0.3 is 0 Å². The lowest BCUT2D eigenvalue weighted by Crippen LogP contribution is -2.15. The first-order valence-corrected chi connectivity index (χ1v) is 9.51. The van der Waals surface area contributed by atoms with Crippen LogP contribution < -0.4 is 10.1 Å². The average molecular weight is 420 g/mol. The van der Waals surface area contributed by atoms with Crippen LogP contribution in [0, 0.1) is 5.82 Å². The van der Waals surface area contributed by atoms with E-state index in [1.807, 2.05) is 30.3 Å². The number of ether oxygens (including phenoxy) is 1. The van der Waals surface area contributed by atoms with Crippen LogP contribution in [-0.4, -0.2) is 12.2 Å². The number of anilines is 1. The van der Waals surface area contributed by atoms with Gasteiger partial charge in [0.25, 0.3) is 0 Å². The summed E-state index contributed by atoms with van der Waals surface area (Å²) in [4.78, 5) is 0. The summed E-state index contributed by atoms with van der Waals surface area (Å²) in [6.45, 7) is 0. The molecule has 0 aliphatic rings. The third kappa shape index (κ3) is 5.16. The van der Waals surface area contributed by atoms with E-state index in [2.05, 4.69) is 5.32 Å². The lowest BCUT2D eigenvalue weighted by molar-refractivity contribution is 0.160. The SMILES string of the molecule is COc1ccc(NC(CC(O)c2ccc(F)cc2)c2ccc(Cl)c(Cl)c2)cc1. The Bertz CT molecular complexity index is 917. The Kier molecular flexibility index (Phi) is 6.79. The Morgan fingerprint density at radius 1 is 0.929 bits per heavy atom. The largest absolute Gasteiger partial charge is 0.497 e. The van der Waals surface area contributed by atoms with Crippen molar-refractivity contribution >= 4 is 28.9 Å². The highest BCUT2D eigenvalue weighted by molar-refractivity contribution is 6.42. The summed E-state index contributed by atoms with van der Waals surface area (Å²) in [5.74, 6) is 0.413. The number of methoxy groups -OCH3 is 1. The van der Waals surface area contributed by atoms with E-state index in [-0.39, 0.29) is 11.9 Å². The van der Waals surface area contributed by atoms with E-state index >= 15 is 0 Å². The summed E-state index contributed by atoms with van der Waals surface area (Å²) in [5, 5.41) is 15.0. The first-order valence-electron chi connectivity index (χ1n) is 8.75. The van der Waals surface area contributed by atoms with Crippen molar-refractivity contribution in [2.75, 3.05) is 12.4 Å². The van der Waals surface area contributed by atoms with Crippen LogP contribution in [-0.2, 0) is 0 Å². The molecule has 0 fully saturated rings. The van der Waals surface area contributed by atoms with E-state index in [1.54, 1.807) is 31.4 Å². The van der Waals surface area contributed by atoms with Crippen molar-refractivity contribution in [3.8, 4) is 5.75 Å². The summed E-state index contributed by atoms with van der Waals surface area (Å²) in [7, 11) is 1.61. The molecule has 0 amide bonds. The van der Waals surface area contributed by atoms with Crippen LogP contribution in [0.5, 0.6) is 5.75 Å². The number of benzene rings is 3. The number of hydrogen-bond donors (Lipinski definition) is 2. The fourth-order valence-corrected chi connectivity index (χ4v) is 3.25. The van der Waals surface area contributed by atoms with E-state index in [0.717, 1.165) is 17.0 Å². The number of nitrogens with one attached hydrogen (secondary N) is 1. The first-order chi connectivity index (χ1) is 13.5. The minimum Gasteiger partial charge on any atom is -0.497 e. The number of hydrogen-bond acceptors (Lipinski definition) is 3. The van der Waals surface area contributed by atoms with Crippen LogP contribution in [0.4, 0.5) is 10.1 Å². The molecule has 0 bridgehead atoms. The monoisotopic (exact) mass is 419 g/mol. The molecular formula is C22H20Cl2FNO2. The Balaban J connectivity index is 1.86. The minimum absolute atomic E-state index is 0.247. The molecule has 6 heteroatoms. The van der Waals surface area contributed by atoms with Gasteiger partial charge in [-0.1, -0.05) is 41.4 Å². The van der Waals surface area contributed by atoms with Crippen LogP contribution in [0.25, 0.3) is 0 Å².